The van der Waals surface area contributed by atoms with Crippen LogP contribution in [0.1, 0.15) is 12.8 Å². The number of nitrogens with one attached hydrogen (secondary N) is 1. The van der Waals surface area contributed by atoms with Gasteiger partial charge < -0.3 is 19.9 Å². The molecule has 6 nitrogen and oxygen atoms in total. The normalized spacial score (nSPS) is 10.6. The molecule has 0 saturated heterocycles. The minimum absolute atomic E-state index is 0.543. The number of ether oxygens (including phenoxy) is 3. The van der Waals surface area contributed by atoms with Gasteiger partial charge in [0.2, 0.25) is 0 Å². The van der Waals surface area contributed by atoms with Gasteiger partial charge in [-0.25, -0.2) is 5.53 Å². The molecule has 0 aliphatic heterocycles. The molecule has 6 heteroatoms. The molecule has 0 atom stereocenters. The smallest absolute Gasteiger partial charge is 0.0762 e. The summed E-state index contributed by atoms with van der Waals surface area (Å²) >= 11 is 0. The van der Waals surface area contributed by atoms with E-state index in [4.69, 9.17) is 19.7 Å². The Morgan fingerprint density at radius 2 is 1.31 bits per heavy atom. The maximum atomic E-state index is 6.57. The van der Waals surface area contributed by atoms with Crippen LogP contribution in [0, 0.1) is 5.53 Å². The summed E-state index contributed by atoms with van der Waals surface area (Å²) in [6, 6.07) is 0. The van der Waals surface area contributed by atoms with E-state index < -0.39 is 0 Å². The van der Waals surface area contributed by atoms with Gasteiger partial charge in [-0.15, -0.1) is 0 Å². The Morgan fingerprint density at radius 1 is 0.812 bits per heavy atom. The molecule has 0 aromatic rings. The molecule has 4 N–H and O–H groups in total. The van der Waals surface area contributed by atoms with Crippen molar-refractivity contribution in [3.63, 3.8) is 0 Å². The van der Waals surface area contributed by atoms with Crippen LogP contribution in [0.2, 0.25) is 0 Å². The zero-order valence-corrected chi connectivity index (χ0v) is 9.95. The second kappa shape index (κ2) is 14.4. The molecule has 0 aromatic heterocycles. The molecular formula is C10H24N3O3+. The lowest BCUT2D eigenvalue weighted by atomic mass is 10.5. The summed E-state index contributed by atoms with van der Waals surface area (Å²) in [6.45, 7) is 5.31. The average Bonchev–Trinajstić information content (AvgIpc) is 2.31. The predicted octanol–water partition coefficient (Wildman–Crippen LogP) is 0.0893. The van der Waals surface area contributed by atoms with E-state index in [1.807, 2.05) is 0 Å². The third-order valence-electron chi connectivity index (χ3n) is 1.84. The molecule has 0 fully saturated rings. The molecule has 0 unspecified atom stereocenters. The van der Waals surface area contributed by atoms with E-state index in [0.29, 0.717) is 39.6 Å². The van der Waals surface area contributed by atoms with Crippen LogP contribution in [0.5, 0.6) is 0 Å². The zero-order chi connectivity index (χ0) is 11.9. The van der Waals surface area contributed by atoms with Crippen molar-refractivity contribution in [1.82, 2.24) is 0 Å². The number of rotatable bonds is 13. The predicted molar refractivity (Wildman–Crippen MR) is 59.5 cm³/mol. The van der Waals surface area contributed by atoms with E-state index in [1.54, 1.807) is 0 Å². The topological polar surface area (TPSA) is 91.5 Å². The van der Waals surface area contributed by atoms with E-state index in [0.717, 1.165) is 26.0 Å². The van der Waals surface area contributed by atoms with Crippen LogP contribution < -0.4 is 5.73 Å². The van der Waals surface area contributed by atoms with Crippen molar-refractivity contribution >= 4 is 0 Å². The monoisotopic (exact) mass is 234 g/mol. The van der Waals surface area contributed by atoms with Gasteiger partial charge in [0.05, 0.1) is 46.1 Å². The number of hydrogen-bond acceptors (Lipinski definition) is 5. The van der Waals surface area contributed by atoms with Crippen LogP contribution in [-0.2, 0) is 14.2 Å². The summed E-state index contributed by atoms with van der Waals surface area (Å²) in [4.78, 5) is 0. The Balaban J connectivity index is 2.85. The van der Waals surface area contributed by atoms with Crippen LogP contribution in [0.4, 0.5) is 0 Å². The third-order valence-corrected chi connectivity index (χ3v) is 1.84. The maximum Gasteiger partial charge on any atom is 0.0762 e. The molecule has 0 heterocycles. The summed E-state index contributed by atoms with van der Waals surface area (Å²) in [5.41, 5.74) is 10.3. The number of quaternary nitrogens is 1. The minimum Gasteiger partial charge on any atom is -0.379 e. The molecule has 0 amide bonds. The molecule has 16 heavy (non-hydrogen) atoms. The summed E-state index contributed by atoms with van der Waals surface area (Å²) in [7, 11) is 0. The fraction of sp³-hybridized carbons (Fsp3) is 1.00. The molecule has 0 saturated carbocycles. The first-order valence-electron chi connectivity index (χ1n) is 5.77. The van der Waals surface area contributed by atoms with Gasteiger partial charge in [-0.1, -0.05) is 0 Å². The van der Waals surface area contributed by atoms with Crippen LogP contribution in [-0.4, -0.2) is 52.7 Å². The molecule has 0 radical (unpaired) electrons. The van der Waals surface area contributed by atoms with Crippen LogP contribution in [0.25, 0.3) is 0 Å². The number of nitrogens with zero attached hydrogens (tertiary/aromatic N) is 1. The van der Waals surface area contributed by atoms with Crippen LogP contribution >= 0.6 is 0 Å². The second-order valence-electron chi connectivity index (χ2n) is 3.28. The van der Waals surface area contributed by atoms with E-state index in [2.05, 4.69) is 10.8 Å². The first-order valence-corrected chi connectivity index (χ1v) is 5.77. The second-order valence-corrected chi connectivity index (χ2v) is 3.28. The highest BCUT2D eigenvalue weighted by Gasteiger charge is 1.91. The van der Waals surface area contributed by atoms with Crippen molar-refractivity contribution in [3.8, 4) is 0 Å². The van der Waals surface area contributed by atoms with Gasteiger partial charge in [0.25, 0.3) is 0 Å². The van der Waals surface area contributed by atoms with Gasteiger partial charge in [-0.2, -0.15) is 5.11 Å². The van der Waals surface area contributed by atoms with Crippen LogP contribution in [0.15, 0.2) is 5.11 Å². The average molecular weight is 234 g/mol. The van der Waals surface area contributed by atoms with E-state index >= 15 is 0 Å². The van der Waals surface area contributed by atoms with Crippen molar-refractivity contribution in [2.45, 2.75) is 12.8 Å². The zero-order valence-electron chi connectivity index (χ0n) is 9.95. The van der Waals surface area contributed by atoms with Crippen molar-refractivity contribution < 1.29 is 19.9 Å². The van der Waals surface area contributed by atoms with E-state index in [-0.39, 0.29) is 0 Å². The van der Waals surface area contributed by atoms with Crippen molar-refractivity contribution in [1.29, 1.82) is 5.53 Å². The molecule has 0 aliphatic carbocycles. The van der Waals surface area contributed by atoms with Gasteiger partial charge in [-0.05, 0) is 6.42 Å². The summed E-state index contributed by atoms with van der Waals surface area (Å²) in [6.07, 6.45) is 1.81. The first kappa shape index (κ1) is 15.4. The van der Waals surface area contributed by atoms with Crippen LogP contribution in [0.3, 0.4) is 0 Å². The fourth-order valence-electron chi connectivity index (χ4n) is 0.992. The molecule has 0 aromatic carbocycles. The van der Waals surface area contributed by atoms with Crippen molar-refractivity contribution in [3.05, 3.63) is 0 Å². The lowest BCUT2D eigenvalue weighted by molar-refractivity contribution is -0.369. The van der Waals surface area contributed by atoms with Gasteiger partial charge in [0.1, 0.15) is 0 Å². The van der Waals surface area contributed by atoms with Gasteiger partial charge in [-0.3, -0.25) is 0 Å². The summed E-state index contributed by atoms with van der Waals surface area (Å²) in [5, 5.41) is 3.24. The minimum atomic E-state index is 0.543. The quantitative estimate of drug-likeness (QED) is 0.349. The highest BCUT2D eigenvalue weighted by Crippen LogP contribution is 1.85. The van der Waals surface area contributed by atoms with Crippen molar-refractivity contribution in [2.24, 2.45) is 5.11 Å². The Kier molecular flexibility index (Phi) is 13.9. The molecule has 0 aliphatic rings. The number of hydrogen-bond donors (Lipinski definition) is 2. The van der Waals surface area contributed by atoms with Gasteiger partial charge in [0, 0.05) is 13.0 Å². The Morgan fingerprint density at radius 3 is 1.81 bits per heavy atom. The lowest BCUT2D eigenvalue weighted by Crippen LogP contribution is -2.50. The summed E-state index contributed by atoms with van der Waals surface area (Å²) < 4.78 is 15.9. The first-order chi connectivity index (χ1) is 7.91. The molecule has 0 bridgehead atoms. The summed E-state index contributed by atoms with van der Waals surface area (Å²) in [5.74, 6) is 0. The van der Waals surface area contributed by atoms with E-state index in [1.165, 1.54) is 0 Å². The maximum absolute atomic E-state index is 6.57. The van der Waals surface area contributed by atoms with E-state index in [9.17, 15) is 0 Å². The Labute approximate surface area is 96.9 Å². The molecule has 0 spiro atoms. The van der Waals surface area contributed by atoms with Crippen molar-refractivity contribution in [2.75, 3.05) is 52.7 Å². The Bertz CT molecular complexity index is 147. The third kappa shape index (κ3) is 13.4. The lowest BCUT2D eigenvalue weighted by Gasteiger charge is -2.05. The Hall–Kier alpha value is -0.560. The molecule has 96 valence electrons. The standard InChI is InChI=1S/C10H23N3O3/c11-3-1-5-14-7-9-16-10-8-15-6-2-4-13-12/h12H,1-11H2/p+1. The van der Waals surface area contributed by atoms with Gasteiger partial charge >= 0.3 is 0 Å². The highest BCUT2D eigenvalue weighted by molar-refractivity contribution is 4.38. The van der Waals surface area contributed by atoms with Gasteiger partial charge in [0.15, 0.2) is 0 Å². The molecular weight excluding hydrogens is 210 g/mol. The highest BCUT2D eigenvalue weighted by atomic mass is 16.5. The largest absolute Gasteiger partial charge is 0.379 e. The SMILES string of the molecule is N=NCCCOCCOCCOCCC[NH3+]. The fourth-order valence-corrected chi connectivity index (χ4v) is 0.992. The molecule has 0 rings (SSSR count).